The molecule has 94 heavy (non-hydrogen) atoms. The molecule has 9 aromatic carbocycles. The first-order valence-corrected chi connectivity index (χ1v) is 33.3. The van der Waals surface area contributed by atoms with Gasteiger partial charge in [0.15, 0.2) is 11.6 Å². The Morgan fingerprint density at radius 3 is 1.36 bits per heavy atom. The number of thiophene rings is 3. The molecule has 0 aliphatic heterocycles. The molecule has 0 radical (unpaired) electrons. The average Bonchev–Trinajstić information content (AvgIpc) is 1.50. The third-order valence-corrected chi connectivity index (χ3v) is 22.6. The van der Waals surface area contributed by atoms with Crippen molar-refractivity contribution in [3.8, 4) is 66.7 Å². The number of aryl methyl sites for hydroxylation is 4. The number of hydrogen-bond acceptors (Lipinski definition) is 10. The van der Waals surface area contributed by atoms with Crippen LogP contribution in [0, 0.1) is 73.0 Å². The molecule has 1 N–H and O–H groups in total. The summed E-state index contributed by atoms with van der Waals surface area (Å²) in [5.41, 5.74) is 21.4. The number of ketones is 2. The second-order valence-corrected chi connectivity index (χ2v) is 27.8. The van der Waals surface area contributed by atoms with Crippen LogP contribution < -0.4 is 5.32 Å². The van der Waals surface area contributed by atoms with Crippen LogP contribution in [0.4, 0.5) is 5.00 Å². The van der Waals surface area contributed by atoms with Crippen LogP contribution >= 0.6 is 34.0 Å². The summed E-state index contributed by atoms with van der Waals surface area (Å²) in [5.74, 6) is -0.445. The van der Waals surface area contributed by atoms with Gasteiger partial charge >= 0.3 is 0 Å². The second-order valence-electron chi connectivity index (χ2n) is 24.5. The molecular weight excluding hydrogens is 1210 g/mol. The van der Waals surface area contributed by atoms with Crippen LogP contribution in [0.5, 0.6) is 0 Å². The summed E-state index contributed by atoms with van der Waals surface area (Å²) in [6.07, 6.45) is 3.47. The number of rotatable bonds is 9. The van der Waals surface area contributed by atoms with Gasteiger partial charge in [-0.25, -0.2) is 0 Å². The van der Waals surface area contributed by atoms with E-state index in [9.17, 15) is 30.6 Å². The summed E-state index contributed by atoms with van der Waals surface area (Å²) < 4.78 is 1.15. The van der Waals surface area contributed by atoms with Crippen LogP contribution in [-0.2, 0) is 10.8 Å². The minimum Gasteiger partial charge on any atom is -0.353 e. The van der Waals surface area contributed by atoms with E-state index in [4.69, 9.17) is 0 Å². The molecule has 0 bridgehead atoms. The zero-order chi connectivity index (χ0) is 64.3. The van der Waals surface area contributed by atoms with Gasteiger partial charge < -0.3 is 5.32 Å². The molecule has 0 saturated heterocycles. The maximum Gasteiger partial charge on any atom is 0.195 e. The highest BCUT2D eigenvalue weighted by molar-refractivity contribution is 7.26. The first-order chi connectivity index (χ1) is 45.8. The van der Waals surface area contributed by atoms with Gasteiger partial charge in [-0.3, -0.25) is 9.59 Å². The molecule has 0 fully saturated rings. The van der Waals surface area contributed by atoms with Crippen molar-refractivity contribution in [3.63, 3.8) is 0 Å². The van der Waals surface area contributed by atoms with Crippen LogP contribution in [-0.4, -0.2) is 11.6 Å². The largest absolute Gasteiger partial charge is 0.353 e. The number of benzene rings is 9. The lowest BCUT2D eigenvalue weighted by Crippen LogP contribution is -2.30. The summed E-state index contributed by atoms with van der Waals surface area (Å²) in [6.45, 7) is 8.57. The van der Waals surface area contributed by atoms with E-state index < -0.39 is 10.8 Å². The Morgan fingerprint density at radius 2 is 0.840 bits per heavy atom. The molecule has 4 aliphatic rings. The van der Waals surface area contributed by atoms with E-state index in [1.54, 1.807) is 76.6 Å². The molecule has 12 aromatic rings. The van der Waals surface area contributed by atoms with E-state index in [1.807, 2.05) is 54.6 Å². The van der Waals surface area contributed by atoms with Crippen molar-refractivity contribution in [1.29, 1.82) is 21.0 Å². The second kappa shape index (κ2) is 22.1. The highest BCUT2D eigenvalue weighted by Gasteiger charge is 2.52. The topological polar surface area (TPSA) is 141 Å². The van der Waals surface area contributed by atoms with Crippen LogP contribution in [0.2, 0.25) is 0 Å². The Kier molecular flexibility index (Phi) is 13.5. The highest BCUT2D eigenvalue weighted by Crippen LogP contribution is 2.64. The first-order valence-electron chi connectivity index (χ1n) is 30.8. The molecule has 3 aromatic heterocycles. The molecule has 0 atom stereocenters. The van der Waals surface area contributed by atoms with Crippen LogP contribution in [0.3, 0.4) is 0 Å². The number of fused-ring (bicyclic) bond motifs is 9. The lowest BCUT2D eigenvalue weighted by Gasteiger charge is -2.36. The van der Waals surface area contributed by atoms with Crippen molar-refractivity contribution < 1.29 is 9.59 Å². The summed E-state index contributed by atoms with van der Waals surface area (Å²) >= 11 is 4.90. The van der Waals surface area contributed by atoms with Crippen LogP contribution in [0.15, 0.2) is 247 Å². The van der Waals surface area contributed by atoms with E-state index in [2.05, 4.69) is 191 Å². The number of carbonyl (C=O) groups is 2. The van der Waals surface area contributed by atoms with E-state index in [-0.39, 0.29) is 28.3 Å². The van der Waals surface area contributed by atoms with Crippen molar-refractivity contribution >= 4 is 77.9 Å². The Labute approximate surface area is 556 Å². The van der Waals surface area contributed by atoms with Gasteiger partial charge in [0.2, 0.25) is 0 Å². The van der Waals surface area contributed by atoms with Crippen molar-refractivity contribution in [3.05, 3.63) is 341 Å². The fraction of sp³-hybridized carbons (Fsp3) is 0.0714. The Balaban J connectivity index is 0.886. The number of nitriles is 4. The van der Waals surface area contributed by atoms with Gasteiger partial charge in [-0.05, 0) is 183 Å². The summed E-state index contributed by atoms with van der Waals surface area (Å²) in [6, 6.07) is 86.1. The Bertz CT molecular complexity index is 5520. The highest BCUT2D eigenvalue weighted by atomic mass is 32.1. The predicted octanol–water partition coefficient (Wildman–Crippen LogP) is 20.4. The van der Waals surface area contributed by atoms with Crippen molar-refractivity contribution in [1.82, 2.24) is 0 Å². The van der Waals surface area contributed by atoms with E-state index in [0.29, 0.717) is 39.0 Å². The maximum atomic E-state index is 14.0. The lowest BCUT2D eigenvalue weighted by atomic mass is 9.65. The third kappa shape index (κ3) is 8.63. The molecule has 16 rings (SSSR count). The lowest BCUT2D eigenvalue weighted by molar-refractivity contribution is 0.103. The molecule has 4 aliphatic carbocycles. The number of nitrogens with zero attached hydrogens (tertiary/aromatic N) is 4. The van der Waals surface area contributed by atoms with Gasteiger partial charge in [-0.1, -0.05) is 180 Å². The number of allylic oxidation sites excluding steroid dienone is 6. The molecule has 0 spiro atoms. The van der Waals surface area contributed by atoms with E-state index in [1.165, 1.54) is 38.9 Å². The number of carbonyl (C=O) groups excluding carboxylic acids is 2. The van der Waals surface area contributed by atoms with Gasteiger partial charge in [0.05, 0.1) is 15.8 Å². The number of hydrogen-bond donors (Lipinski definition) is 1. The zero-order valence-corrected chi connectivity index (χ0v) is 53.7. The number of nitrogens with one attached hydrogen (secondary N) is 1. The monoisotopic (exact) mass is 1260 g/mol. The fourth-order valence-electron chi connectivity index (χ4n) is 14.8. The molecule has 7 nitrogen and oxygen atoms in total. The molecule has 3 heterocycles. The maximum absolute atomic E-state index is 14.0. The number of anilines is 1. The smallest absolute Gasteiger partial charge is 0.195 e. The van der Waals surface area contributed by atoms with Crippen LogP contribution in [0.1, 0.15) is 103 Å². The van der Waals surface area contributed by atoms with Crippen molar-refractivity contribution in [2.45, 2.75) is 38.5 Å². The summed E-state index contributed by atoms with van der Waals surface area (Å²) in [7, 11) is 0. The van der Waals surface area contributed by atoms with Gasteiger partial charge in [-0.15, -0.1) is 34.0 Å². The fourth-order valence-corrected chi connectivity index (χ4v) is 17.8. The third-order valence-electron chi connectivity index (χ3n) is 19.2. The standard InChI is InChI=1S/C84H51N5O2S3/c1-47-13-22-55(23-14-47)83(56-24-15-48(2)16-25-56)70-36-51(74-33-34-78(94-74)89-46-69-80(54(44-87)45-88)62-10-6-8-12-64(62)82(69)91)21-31-60(70)66-39-72-67(40-71(66)83)65-35-52-37-77(75-32-30-59(92-75)38-68-79(53(42-85)43-86)61-9-5-7-11-63(61)81(68)90)93-76(52)41-73(65)84(72,57-26-17-49(3)18-27-57)58-28-19-50(4)20-29-58/h5-41,46,89H,1-4H3/b68-38-,69-46-. The predicted molar refractivity (Wildman–Crippen MR) is 380 cm³/mol. The molecule has 0 unspecified atom stereocenters. The number of Topliss-reactive ketones (excluding diaryl/α,β-unsaturated/α-hetero) is 2. The molecule has 0 saturated carbocycles. The minimum absolute atomic E-state index is 0.0862. The van der Waals surface area contributed by atoms with E-state index >= 15 is 0 Å². The van der Waals surface area contributed by atoms with Gasteiger partial charge in [-0.2, -0.15) is 21.0 Å². The Hall–Kier alpha value is -11.6. The van der Waals surface area contributed by atoms with Gasteiger partial charge in [0.1, 0.15) is 35.4 Å². The van der Waals surface area contributed by atoms with E-state index in [0.717, 1.165) is 90.2 Å². The molecule has 10 heteroatoms. The summed E-state index contributed by atoms with van der Waals surface area (Å²) in [4.78, 5) is 31.9. The average molecular weight is 1260 g/mol. The summed E-state index contributed by atoms with van der Waals surface area (Å²) in [5, 5.41) is 45.4. The SMILES string of the molecule is Cc1ccc(C2(c3ccc(C)cc3)c3cc(-c4ccc(N/C=C5\C(=O)c6ccccc6C5=C(C#N)C#N)s4)ccc3-c3cc4c(cc32)-c2cc3cc(-c5ccc(/C=C6\C(=O)c7ccccc7C6=C(C#N)C#N)s5)sc3cc2C4(c2ccc(C)cc2)c2ccc(C)cc2)cc1. The first kappa shape index (κ1) is 57.6. The van der Waals surface area contributed by atoms with Crippen LogP contribution in [0.25, 0.3) is 69.8 Å². The van der Waals surface area contributed by atoms with Gasteiger partial charge in [0.25, 0.3) is 0 Å². The molecule has 0 amide bonds. The normalized spacial score (nSPS) is 15.0. The van der Waals surface area contributed by atoms with Gasteiger partial charge in [0, 0.05) is 63.8 Å². The van der Waals surface area contributed by atoms with Crippen molar-refractivity contribution in [2.75, 3.05) is 5.32 Å². The zero-order valence-electron chi connectivity index (χ0n) is 51.3. The molecular formula is C84H51N5O2S3. The quantitative estimate of drug-likeness (QED) is 0.112. The molecule has 442 valence electrons. The van der Waals surface area contributed by atoms with Crippen molar-refractivity contribution in [2.24, 2.45) is 0 Å². The Morgan fingerprint density at radius 1 is 0.394 bits per heavy atom. The minimum atomic E-state index is -0.794.